The molecule has 0 unspecified atom stereocenters. The SMILES string of the molecule is Nc1ccc(Br)cc1S(=O)(=O)c1ccc(Cl)cc1. The average molecular weight is 347 g/mol. The van der Waals surface area contributed by atoms with E-state index in [4.69, 9.17) is 17.3 Å². The van der Waals surface area contributed by atoms with E-state index in [0.717, 1.165) is 0 Å². The van der Waals surface area contributed by atoms with Crippen LogP contribution in [0.1, 0.15) is 0 Å². The Hall–Kier alpha value is -1.04. The number of benzene rings is 2. The number of rotatable bonds is 2. The van der Waals surface area contributed by atoms with Gasteiger partial charge in [-0.15, -0.1) is 0 Å². The highest BCUT2D eigenvalue weighted by Gasteiger charge is 2.20. The third-order valence-corrected chi connectivity index (χ3v) is 4.96. The smallest absolute Gasteiger partial charge is 0.208 e. The van der Waals surface area contributed by atoms with Gasteiger partial charge in [0.2, 0.25) is 9.84 Å². The molecule has 0 bridgehead atoms. The zero-order valence-corrected chi connectivity index (χ0v) is 12.3. The number of nitrogen functional groups attached to an aromatic ring is 1. The topological polar surface area (TPSA) is 60.2 Å². The van der Waals surface area contributed by atoms with Gasteiger partial charge in [0.05, 0.1) is 15.5 Å². The average Bonchev–Trinajstić information content (AvgIpc) is 2.32. The minimum atomic E-state index is -3.62. The lowest BCUT2D eigenvalue weighted by atomic mass is 10.3. The number of hydrogen-bond donors (Lipinski definition) is 1. The lowest BCUT2D eigenvalue weighted by molar-refractivity contribution is 0.596. The van der Waals surface area contributed by atoms with Crippen molar-refractivity contribution in [1.29, 1.82) is 0 Å². The maximum absolute atomic E-state index is 12.4. The molecule has 2 N–H and O–H groups in total. The number of anilines is 1. The standard InChI is InChI=1S/C12H9BrClNO2S/c13-8-1-6-11(15)12(7-8)18(16,17)10-4-2-9(14)3-5-10/h1-7H,15H2. The summed E-state index contributed by atoms with van der Waals surface area (Å²) in [7, 11) is -3.62. The van der Waals surface area contributed by atoms with Gasteiger partial charge in [0.25, 0.3) is 0 Å². The van der Waals surface area contributed by atoms with Crippen LogP contribution in [0.15, 0.2) is 56.7 Å². The number of hydrogen-bond acceptors (Lipinski definition) is 3. The monoisotopic (exact) mass is 345 g/mol. The van der Waals surface area contributed by atoms with Crippen molar-refractivity contribution in [3.05, 3.63) is 52.0 Å². The predicted octanol–water partition coefficient (Wildman–Crippen LogP) is 3.52. The molecule has 0 aromatic heterocycles. The van der Waals surface area contributed by atoms with Crippen molar-refractivity contribution in [1.82, 2.24) is 0 Å². The molecule has 3 nitrogen and oxygen atoms in total. The molecule has 0 spiro atoms. The Labute approximate surface area is 119 Å². The lowest BCUT2D eigenvalue weighted by Crippen LogP contribution is -2.05. The molecule has 0 aliphatic carbocycles. The second-order valence-electron chi connectivity index (χ2n) is 3.64. The minimum Gasteiger partial charge on any atom is -0.398 e. The highest BCUT2D eigenvalue weighted by molar-refractivity contribution is 9.10. The zero-order chi connectivity index (χ0) is 13.3. The van der Waals surface area contributed by atoms with Gasteiger partial charge in [-0.25, -0.2) is 8.42 Å². The molecular weight excluding hydrogens is 338 g/mol. The van der Waals surface area contributed by atoms with E-state index in [-0.39, 0.29) is 15.5 Å². The summed E-state index contributed by atoms with van der Waals surface area (Å²) in [5.74, 6) is 0. The van der Waals surface area contributed by atoms with Crippen molar-refractivity contribution in [3.63, 3.8) is 0 Å². The summed E-state index contributed by atoms with van der Waals surface area (Å²) >= 11 is 8.97. The van der Waals surface area contributed by atoms with Crippen LogP contribution in [0.5, 0.6) is 0 Å². The van der Waals surface area contributed by atoms with Gasteiger partial charge in [0.1, 0.15) is 0 Å². The zero-order valence-electron chi connectivity index (χ0n) is 9.10. The molecule has 0 fully saturated rings. The molecule has 2 aromatic rings. The highest BCUT2D eigenvalue weighted by Crippen LogP contribution is 2.29. The molecule has 0 atom stereocenters. The van der Waals surface area contributed by atoms with Crippen molar-refractivity contribution in [2.75, 3.05) is 5.73 Å². The van der Waals surface area contributed by atoms with Gasteiger partial charge >= 0.3 is 0 Å². The van der Waals surface area contributed by atoms with Crippen LogP contribution < -0.4 is 5.73 Å². The molecule has 0 aliphatic rings. The van der Waals surface area contributed by atoms with Crippen LogP contribution >= 0.6 is 27.5 Å². The van der Waals surface area contributed by atoms with Gasteiger partial charge in [0.15, 0.2) is 0 Å². The lowest BCUT2D eigenvalue weighted by Gasteiger charge is -2.08. The Kier molecular flexibility index (Phi) is 3.66. The fourth-order valence-corrected chi connectivity index (χ4v) is 3.53. The summed E-state index contributed by atoms with van der Waals surface area (Å²) < 4.78 is 25.4. The maximum Gasteiger partial charge on any atom is 0.208 e. The molecule has 6 heteroatoms. The molecular formula is C12H9BrClNO2S. The van der Waals surface area contributed by atoms with E-state index in [0.29, 0.717) is 9.50 Å². The van der Waals surface area contributed by atoms with E-state index in [1.165, 1.54) is 30.3 Å². The first-order chi connectivity index (χ1) is 8.41. The van der Waals surface area contributed by atoms with E-state index >= 15 is 0 Å². The quantitative estimate of drug-likeness (QED) is 0.846. The van der Waals surface area contributed by atoms with Gasteiger partial charge in [-0.1, -0.05) is 27.5 Å². The van der Waals surface area contributed by atoms with Crippen molar-refractivity contribution < 1.29 is 8.42 Å². The van der Waals surface area contributed by atoms with Gasteiger partial charge in [-0.2, -0.15) is 0 Å². The maximum atomic E-state index is 12.4. The summed E-state index contributed by atoms with van der Waals surface area (Å²) in [4.78, 5) is 0.246. The van der Waals surface area contributed by atoms with Crippen molar-refractivity contribution >= 4 is 43.1 Å². The van der Waals surface area contributed by atoms with E-state index in [9.17, 15) is 8.42 Å². The summed E-state index contributed by atoms with van der Waals surface area (Å²) in [6.45, 7) is 0. The fourth-order valence-electron chi connectivity index (χ4n) is 1.48. The summed E-state index contributed by atoms with van der Waals surface area (Å²) in [6, 6.07) is 10.7. The molecule has 0 amide bonds. The highest BCUT2D eigenvalue weighted by atomic mass is 79.9. The van der Waals surface area contributed by atoms with Crippen molar-refractivity contribution in [2.45, 2.75) is 9.79 Å². The van der Waals surface area contributed by atoms with Crippen LogP contribution in [-0.2, 0) is 9.84 Å². The molecule has 0 radical (unpaired) electrons. The Bertz CT molecular complexity index is 684. The Balaban J connectivity index is 2.61. The second-order valence-corrected chi connectivity index (χ2v) is 6.91. The number of nitrogens with two attached hydrogens (primary N) is 1. The first-order valence-electron chi connectivity index (χ1n) is 4.97. The Morgan fingerprint density at radius 1 is 1.06 bits per heavy atom. The van der Waals surface area contributed by atoms with E-state index in [1.54, 1.807) is 12.1 Å². The Morgan fingerprint density at radius 3 is 2.28 bits per heavy atom. The van der Waals surface area contributed by atoms with Crippen LogP contribution in [0.25, 0.3) is 0 Å². The van der Waals surface area contributed by atoms with Crippen LogP contribution in [0, 0.1) is 0 Å². The van der Waals surface area contributed by atoms with Crippen molar-refractivity contribution in [2.24, 2.45) is 0 Å². The fraction of sp³-hybridized carbons (Fsp3) is 0. The van der Waals surface area contributed by atoms with Gasteiger partial charge < -0.3 is 5.73 Å². The predicted molar refractivity (Wildman–Crippen MR) is 75.5 cm³/mol. The first-order valence-corrected chi connectivity index (χ1v) is 7.62. The van der Waals surface area contributed by atoms with E-state index in [1.807, 2.05) is 0 Å². The van der Waals surface area contributed by atoms with E-state index in [2.05, 4.69) is 15.9 Å². The number of sulfone groups is 1. The van der Waals surface area contributed by atoms with Crippen LogP contribution in [-0.4, -0.2) is 8.42 Å². The molecule has 2 rings (SSSR count). The molecule has 18 heavy (non-hydrogen) atoms. The molecule has 2 aromatic carbocycles. The number of halogens is 2. The summed E-state index contributed by atoms with van der Waals surface area (Å²) in [5.41, 5.74) is 5.93. The van der Waals surface area contributed by atoms with E-state index < -0.39 is 9.84 Å². The first kappa shape index (κ1) is 13.4. The third-order valence-electron chi connectivity index (χ3n) is 2.39. The third kappa shape index (κ3) is 2.53. The molecule has 0 saturated heterocycles. The van der Waals surface area contributed by atoms with Crippen LogP contribution in [0.3, 0.4) is 0 Å². The normalized spacial score (nSPS) is 11.4. The minimum absolute atomic E-state index is 0.0826. The van der Waals surface area contributed by atoms with Gasteiger partial charge in [0, 0.05) is 9.50 Å². The summed E-state index contributed by atoms with van der Waals surface area (Å²) in [5, 5.41) is 0.483. The van der Waals surface area contributed by atoms with Crippen LogP contribution in [0.2, 0.25) is 5.02 Å². The second kappa shape index (κ2) is 4.91. The van der Waals surface area contributed by atoms with Crippen molar-refractivity contribution in [3.8, 4) is 0 Å². The van der Waals surface area contributed by atoms with Gasteiger partial charge in [-0.05, 0) is 42.5 Å². The van der Waals surface area contributed by atoms with Crippen LogP contribution in [0.4, 0.5) is 5.69 Å². The largest absolute Gasteiger partial charge is 0.398 e. The molecule has 0 aliphatic heterocycles. The molecule has 0 saturated carbocycles. The molecule has 0 heterocycles. The Morgan fingerprint density at radius 2 is 1.67 bits per heavy atom. The van der Waals surface area contributed by atoms with Gasteiger partial charge in [-0.3, -0.25) is 0 Å². The summed E-state index contributed by atoms with van der Waals surface area (Å²) in [6.07, 6.45) is 0. The molecule has 94 valence electrons.